The fourth-order valence-electron chi connectivity index (χ4n) is 21.5. The number of benzene rings is 7. The maximum absolute atomic E-state index is 14.1. The first kappa shape index (κ1) is 120. The van der Waals surface area contributed by atoms with Gasteiger partial charge in [-0.15, -0.1) is 12.8 Å². The van der Waals surface area contributed by atoms with Crippen molar-refractivity contribution < 1.29 is 47.9 Å². The number of carbonyl (C=O) groups is 10. The summed E-state index contributed by atoms with van der Waals surface area (Å²) >= 11 is 8.84. The number of nitrogens with zero attached hydrogens (tertiary/aromatic N) is 5. The van der Waals surface area contributed by atoms with E-state index >= 15 is 0 Å². The largest absolute Gasteiger partial charge is 0.354 e. The number of amides is 10. The predicted molar refractivity (Wildman–Crippen MR) is 620 cm³/mol. The molecule has 7 aromatic rings. The Morgan fingerprint density at radius 3 is 0.931 bits per heavy atom. The molecule has 6 fully saturated rings. The Kier molecular flexibility index (Phi) is 55.1. The molecule has 0 heterocycles. The van der Waals surface area contributed by atoms with Gasteiger partial charge >= 0.3 is 0 Å². The Hall–Kier alpha value is -8.72. The normalized spacial score (nSPS) is 16.3. The van der Waals surface area contributed by atoms with Crippen LogP contribution in [0.5, 0.6) is 0 Å². The van der Waals surface area contributed by atoms with E-state index < -0.39 is 18.1 Å². The third kappa shape index (κ3) is 38.1. The lowest BCUT2D eigenvalue weighted by molar-refractivity contribution is -0.130. The number of carbonyl (C=O) groups excluding carboxylic acids is 10. The molecule has 13 rings (SSSR count). The number of unbranched alkanes of at least 4 members (excludes halogenated alkanes) is 3. The van der Waals surface area contributed by atoms with E-state index in [0.717, 1.165) is 230 Å². The molecule has 145 heavy (non-hydrogen) atoms. The van der Waals surface area contributed by atoms with E-state index in [-0.39, 0.29) is 126 Å². The van der Waals surface area contributed by atoms with Gasteiger partial charge < -0.3 is 51.1 Å². The predicted octanol–water partition coefficient (Wildman–Crippen LogP) is 25.2. The number of rotatable bonds is 40. The Morgan fingerprint density at radius 1 is 0.317 bits per heavy atom. The van der Waals surface area contributed by atoms with Crippen molar-refractivity contribution in [1.82, 2.24) is 51.1 Å². The maximum atomic E-state index is 14.1. The molecule has 5 atom stereocenters. The SMILES string of the molecule is C#CCN(C(=O)c1ccccc1)C(C(=O)NCCCC)C1CCCCC1.C#CCN(C(=O)c1ccccc1I)C(C(=O)NCc1ccccc1)C1CCCCC1.CCCCNC(=O)C(C1CCCCC1)N(C(=O)c1ccccc1I)C(C)C.CCCCNC(=O)C(C1CCCCC1)N(CCC(C)C)C(=O)c1ccccc1I.O=C(NCc1ccccc1)C(C1CCCCC1)N(C(=O)c1ccccc1I)C1CCCCC1. The minimum Gasteiger partial charge on any atom is -0.354 e. The molecule has 6 aliphatic rings. The van der Waals surface area contributed by atoms with E-state index in [2.05, 4.69) is 163 Å². The van der Waals surface area contributed by atoms with Crippen LogP contribution in [0.4, 0.5) is 0 Å². The molecule has 20 nitrogen and oxygen atoms in total. The highest BCUT2D eigenvalue weighted by Crippen LogP contribution is 2.39. The summed E-state index contributed by atoms with van der Waals surface area (Å²) in [5, 5.41) is 15.5. The summed E-state index contributed by atoms with van der Waals surface area (Å²) in [7, 11) is 0. The van der Waals surface area contributed by atoms with E-state index in [1.807, 2.05) is 198 Å². The van der Waals surface area contributed by atoms with Gasteiger partial charge in [0.2, 0.25) is 29.5 Å². The third-order valence-electron chi connectivity index (χ3n) is 29.2. The van der Waals surface area contributed by atoms with E-state index in [4.69, 9.17) is 12.8 Å². The van der Waals surface area contributed by atoms with Crippen molar-refractivity contribution in [3.8, 4) is 24.7 Å². The van der Waals surface area contributed by atoms with Gasteiger partial charge in [-0.3, -0.25) is 47.9 Å². The van der Waals surface area contributed by atoms with Crippen LogP contribution in [0.1, 0.15) is 349 Å². The van der Waals surface area contributed by atoms with Gasteiger partial charge in [0.05, 0.1) is 35.3 Å². The van der Waals surface area contributed by atoms with Crippen LogP contribution in [0.25, 0.3) is 0 Å². The molecule has 5 unspecified atom stereocenters. The number of nitrogens with one attached hydrogen (secondary N) is 5. The van der Waals surface area contributed by atoms with Crippen LogP contribution in [-0.4, -0.2) is 165 Å². The number of terminal acetylenes is 2. The van der Waals surface area contributed by atoms with Gasteiger partial charge in [0.1, 0.15) is 30.2 Å². The second kappa shape index (κ2) is 66.7. The fraction of sp³-hybridized carbons (Fsp3) is 0.537. The minimum absolute atomic E-state index is 0.00290. The molecule has 5 N–H and O–H groups in total. The van der Waals surface area contributed by atoms with Gasteiger partial charge in [0.25, 0.3) is 29.5 Å². The van der Waals surface area contributed by atoms with Crippen LogP contribution in [0.3, 0.4) is 0 Å². The highest BCUT2D eigenvalue weighted by atomic mass is 127. The van der Waals surface area contributed by atoms with Crippen LogP contribution in [0.2, 0.25) is 0 Å². The highest BCUT2D eigenvalue weighted by molar-refractivity contribution is 14.1. The molecule has 0 radical (unpaired) electrons. The zero-order chi connectivity index (χ0) is 104. The molecular weight excluding hydrogens is 2260 g/mol. The molecule has 10 amide bonds. The van der Waals surface area contributed by atoms with Crippen molar-refractivity contribution in [2.45, 2.75) is 341 Å². The Balaban J connectivity index is 0.000000202. The van der Waals surface area contributed by atoms with E-state index in [0.29, 0.717) is 67.4 Å². The molecule has 0 aromatic heterocycles. The lowest BCUT2D eigenvalue weighted by Gasteiger charge is -2.43. The molecule has 6 saturated carbocycles. The summed E-state index contributed by atoms with van der Waals surface area (Å²) in [5.41, 5.74) is 5.39. The maximum Gasteiger partial charge on any atom is 0.256 e. The van der Waals surface area contributed by atoms with Gasteiger partial charge in [-0.25, -0.2) is 0 Å². The topological polar surface area (TPSA) is 247 Å². The summed E-state index contributed by atoms with van der Waals surface area (Å²) in [4.78, 5) is 143. The van der Waals surface area contributed by atoms with Crippen molar-refractivity contribution in [3.05, 3.63) is 241 Å². The van der Waals surface area contributed by atoms with Gasteiger partial charge in [-0.05, 0) is 314 Å². The highest BCUT2D eigenvalue weighted by Gasteiger charge is 2.46. The number of hydrogen-bond donors (Lipinski definition) is 5. The summed E-state index contributed by atoms with van der Waals surface area (Å²) in [6.07, 6.45) is 50.8. The zero-order valence-electron chi connectivity index (χ0n) is 87.2. The Labute approximate surface area is 922 Å². The average Bonchev–Trinajstić information content (AvgIpc) is 0.786. The lowest BCUT2D eigenvalue weighted by Crippen LogP contribution is -2.57. The smallest absolute Gasteiger partial charge is 0.256 e. The van der Waals surface area contributed by atoms with Crippen LogP contribution in [0, 0.1) is 74.5 Å². The average molecular weight is 2420 g/mol. The Bertz CT molecular complexity index is 5190. The Morgan fingerprint density at radius 2 is 0.593 bits per heavy atom. The molecule has 24 heteroatoms. The number of hydrogen-bond acceptors (Lipinski definition) is 10. The molecule has 0 spiro atoms. The van der Waals surface area contributed by atoms with Crippen molar-refractivity contribution >= 4 is 149 Å². The van der Waals surface area contributed by atoms with Crippen molar-refractivity contribution in [2.75, 3.05) is 39.3 Å². The summed E-state index contributed by atoms with van der Waals surface area (Å²) in [5.74, 6) is 6.21. The fourth-order valence-corrected chi connectivity index (χ4v) is 23.9. The molecule has 0 bridgehead atoms. The van der Waals surface area contributed by atoms with Crippen molar-refractivity contribution in [3.63, 3.8) is 0 Å². The van der Waals surface area contributed by atoms with Crippen molar-refractivity contribution in [1.29, 1.82) is 0 Å². The summed E-state index contributed by atoms with van der Waals surface area (Å²) < 4.78 is 3.68. The molecular formula is C121H162I4N10O10. The molecule has 0 aliphatic heterocycles. The van der Waals surface area contributed by atoms with E-state index in [9.17, 15) is 47.9 Å². The van der Waals surface area contributed by atoms with Gasteiger partial charge in [-0.2, -0.15) is 0 Å². The summed E-state index contributed by atoms with van der Waals surface area (Å²) in [6.45, 7) is 18.5. The van der Waals surface area contributed by atoms with Crippen LogP contribution < -0.4 is 26.6 Å². The molecule has 0 saturated heterocycles. The van der Waals surface area contributed by atoms with Gasteiger partial charge in [-0.1, -0.05) is 309 Å². The van der Waals surface area contributed by atoms with E-state index in [1.165, 1.54) is 38.5 Å². The minimum atomic E-state index is -0.562. The monoisotopic (exact) mass is 2420 g/mol. The molecule has 7 aromatic carbocycles. The van der Waals surface area contributed by atoms with E-state index in [1.54, 1.807) is 28.0 Å². The standard InChI is InChI=1S/C28H35IN2O2.C25H27IN2O2.C24H37IN2O2.C22H33IN2O2.C22H30N2O2/c29-25-19-11-10-18-24(25)28(33)31(23-16-8-3-9-17-23)26(22-14-6-2-7-15-22)27(32)30-20-21-12-4-1-5-13-21;1-2-17-28(25(30)21-15-9-10-16-22(21)26)23(20-13-7-4-8-14-20)24(29)27-18-19-11-5-3-6-12-19;1-4-5-16-26-23(28)22(19-11-7-6-8-12-19)27(17-15-18(2)3)24(29)20-13-9-10-14-21(20)25;1-4-5-15-24-21(26)20(17-11-7-6-8-12-17)25(16(2)3)22(27)18-13-9-10-14-19(18)23;1-3-5-16-23-21(25)20(18-12-8-6-9-13-18)24(17-4-2)22(26)19-14-10-7-11-15-19/h1,4-5,10-13,18-19,22-23,26H,2-3,6-9,14-17,20H2,(H,30,32);1,3,5-6,9-12,15-16,20,23H,4,7-8,13-14,17-18H2,(H,27,29);9-10,13-14,18-19,22H,4-8,11-12,15-17H2,1-3H3,(H,26,28);9-10,13-14,16-17,20H,4-8,11-12,15H2,1-3H3,(H,24,26);2,7,10-11,14-15,18,20H,3,5-6,8-9,12-13,16-17H2,1H3,(H,23,25). The first-order valence-corrected chi connectivity index (χ1v) is 58.6. The second-order valence-corrected chi connectivity index (χ2v) is 45.3. The first-order valence-electron chi connectivity index (χ1n) is 54.3. The quantitative estimate of drug-likeness (QED) is 0.0138. The molecule has 6 aliphatic carbocycles. The first-order chi connectivity index (χ1) is 70.4. The zero-order valence-corrected chi connectivity index (χ0v) is 95.8. The molecule has 784 valence electrons. The van der Waals surface area contributed by atoms with Crippen LogP contribution >= 0.6 is 90.4 Å². The lowest BCUT2D eigenvalue weighted by atomic mass is 9.81. The van der Waals surface area contributed by atoms with Crippen molar-refractivity contribution in [2.24, 2.45) is 35.5 Å². The van der Waals surface area contributed by atoms with Gasteiger partial charge in [0, 0.05) is 71.2 Å². The summed E-state index contributed by atoms with van der Waals surface area (Å²) in [6, 6.07) is 57.4. The van der Waals surface area contributed by atoms with Crippen LogP contribution in [0.15, 0.2) is 188 Å². The van der Waals surface area contributed by atoms with Crippen LogP contribution in [-0.2, 0) is 37.1 Å². The number of halogens is 4. The third-order valence-corrected chi connectivity index (χ3v) is 33.0. The second-order valence-electron chi connectivity index (χ2n) is 40.6. The van der Waals surface area contributed by atoms with Gasteiger partial charge in [0.15, 0.2) is 0 Å².